The van der Waals surface area contributed by atoms with Gasteiger partial charge in [0.25, 0.3) is 5.91 Å². The van der Waals surface area contributed by atoms with Gasteiger partial charge in [0.15, 0.2) is 0 Å². The molecule has 2 aromatic rings. The topological polar surface area (TPSA) is 65.5 Å². The Morgan fingerprint density at radius 1 is 1.03 bits per heavy atom. The first-order chi connectivity index (χ1) is 15.7. The first-order valence-corrected chi connectivity index (χ1v) is 13.0. The van der Waals surface area contributed by atoms with Crippen LogP contribution < -0.4 is 0 Å². The SMILES string of the molecule is O=C(C1CCN(CC(=O)N2N=C(c3cccs3)CC2c2cccs2)CC1)N1CCOCC1. The van der Waals surface area contributed by atoms with E-state index >= 15 is 0 Å². The third kappa shape index (κ3) is 4.66. The van der Waals surface area contributed by atoms with Crippen LogP contribution >= 0.6 is 22.7 Å². The van der Waals surface area contributed by atoms with Crippen LogP contribution in [-0.4, -0.2) is 78.3 Å². The monoisotopic (exact) mass is 472 g/mol. The minimum absolute atomic E-state index is 0.0277. The lowest BCUT2D eigenvalue weighted by atomic mass is 9.95. The Balaban J connectivity index is 1.20. The third-order valence-corrected chi connectivity index (χ3v) is 8.35. The summed E-state index contributed by atoms with van der Waals surface area (Å²) >= 11 is 3.34. The van der Waals surface area contributed by atoms with Gasteiger partial charge in [-0.25, -0.2) is 5.01 Å². The molecule has 2 amide bonds. The zero-order valence-corrected chi connectivity index (χ0v) is 19.7. The minimum Gasteiger partial charge on any atom is -0.378 e. The van der Waals surface area contributed by atoms with E-state index in [0.717, 1.165) is 42.9 Å². The highest BCUT2D eigenvalue weighted by atomic mass is 32.1. The van der Waals surface area contributed by atoms with Crippen molar-refractivity contribution in [3.8, 4) is 0 Å². The van der Waals surface area contributed by atoms with Gasteiger partial charge in [0.2, 0.25) is 5.91 Å². The second-order valence-electron chi connectivity index (χ2n) is 8.49. The molecule has 0 bridgehead atoms. The predicted molar refractivity (Wildman–Crippen MR) is 126 cm³/mol. The molecule has 1 atom stereocenters. The van der Waals surface area contributed by atoms with Crippen LogP contribution in [-0.2, 0) is 14.3 Å². The molecule has 5 rings (SSSR count). The molecule has 170 valence electrons. The number of thiophene rings is 2. The Kier molecular flexibility index (Phi) is 6.68. The fraction of sp³-hybridized carbons (Fsp3) is 0.522. The Labute approximate surface area is 196 Å². The van der Waals surface area contributed by atoms with Gasteiger partial charge in [-0.15, -0.1) is 22.7 Å². The van der Waals surface area contributed by atoms with E-state index in [1.807, 2.05) is 22.4 Å². The summed E-state index contributed by atoms with van der Waals surface area (Å²) in [4.78, 5) is 32.5. The van der Waals surface area contributed by atoms with E-state index in [1.165, 1.54) is 4.88 Å². The van der Waals surface area contributed by atoms with Crippen molar-refractivity contribution in [3.05, 3.63) is 44.8 Å². The molecule has 0 spiro atoms. The Morgan fingerprint density at radius 3 is 2.47 bits per heavy atom. The molecular formula is C23H28N4O3S2. The summed E-state index contributed by atoms with van der Waals surface area (Å²) in [5, 5.41) is 10.6. The van der Waals surface area contributed by atoms with Gasteiger partial charge in [-0.2, -0.15) is 5.10 Å². The summed E-state index contributed by atoms with van der Waals surface area (Å²) in [5.74, 6) is 0.350. The summed E-state index contributed by atoms with van der Waals surface area (Å²) in [7, 11) is 0. The fourth-order valence-corrected chi connectivity index (χ4v) is 6.21. The van der Waals surface area contributed by atoms with Crippen LogP contribution in [0.1, 0.15) is 35.1 Å². The Morgan fingerprint density at radius 2 is 1.78 bits per heavy atom. The van der Waals surface area contributed by atoms with Crippen LogP contribution in [0, 0.1) is 5.92 Å². The van der Waals surface area contributed by atoms with Gasteiger partial charge in [0.1, 0.15) is 0 Å². The van der Waals surface area contributed by atoms with E-state index < -0.39 is 0 Å². The molecule has 7 nitrogen and oxygen atoms in total. The molecule has 0 radical (unpaired) electrons. The standard InChI is InChI=1S/C23H28N4O3S2/c28-22(16-25-7-5-17(6-8-25)23(29)26-9-11-30-12-10-26)27-19(21-4-2-14-32-21)15-18(24-27)20-3-1-13-31-20/h1-4,13-14,17,19H,5-12,15-16H2. The summed E-state index contributed by atoms with van der Waals surface area (Å²) in [6.45, 7) is 4.55. The first kappa shape index (κ1) is 21.8. The lowest BCUT2D eigenvalue weighted by Gasteiger charge is -2.35. The second kappa shape index (κ2) is 9.82. The normalized spacial score (nSPS) is 22.9. The number of nitrogens with zero attached hydrogens (tertiary/aromatic N) is 4. The number of likely N-dealkylation sites (tertiary alicyclic amines) is 1. The number of hydrazone groups is 1. The lowest BCUT2D eigenvalue weighted by Crippen LogP contribution is -2.48. The van der Waals surface area contributed by atoms with Gasteiger partial charge in [-0.05, 0) is 48.8 Å². The molecule has 32 heavy (non-hydrogen) atoms. The molecule has 3 aliphatic rings. The number of carbonyl (C=O) groups excluding carboxylic acids is 2. The van der Waals surface area contributed by atoms with Crippen molar-refractivity contribution in [1.82, 2.24) is 14.8 Å². The van der Waals surface area contributed by atoms with E-state index in [2.05, 4.69) is 22.4 Å². The smallest absolute Gasteiger partial charge is 0.257 e. The number of hydrogen-bond donors (Lipinski definition) is 0. The van der Waals surface area contributed by atoms with Crippen molar-refractivity contribution in [2.75, 3.05) is 45.9 Å². The number of piperidine rings is 1. The van der Waals surface area contributed by atoms with Crippen LogP contribution in [0.25, 0.3) is 0 Å². The highest BCUT2D eigenvalue weighted by molar-refractivity contribution is 7.12. The molecular weight excluding hydrogens is 444 g/mol. The maximum absolute atomic E-state index is 13.3. The van der Waals surface area contributed by atoms with Crippen LogP contribution in [0.5, 0.6) is 0 Å². The van der Waals surface area contributed by atoms with E-state index in [-0.39, 0.29) is 23.8 Å². The first-order valence-electron chi connectivity index (χ1n) is 11.2. The van der Waals surface area contributed by atoms with Crippen LogP contribution in [0.15, 0.2) is 40.1 Å². The maximum atomic E-state index is 13.3. The van der Waals surface area contributed by atoms with Gasteiger partial charge in [0.05, 0.1) is 36.4 Å². The van der Waals surface area contributed by atoms with Crippen molar-refractivity contribution < 1.29 is 14.3 Å². The molecule has 1 unspecified atom stereocenters. The minimum atomic E-state index is -0.0277. The molecule has 0 aliphatic carbocycles. The van der Waals surface area contributed by atoms with Crippen molar-refractivity contribution in [2.45, 2.75) is 25.3 Å². The molecule has 0 N–H and O–H groups in total. The van der Waals surface area contributed by atoms with Crippen LogP contribution in [0.2, 0.25) is 0 Å². The highest BCUT2D eigenvalue weighted by Crippen LogP contribution is 2.36. The van der Waals surface area contributed by atoms with Crippen molar-refractivity contribution in [2.24, 2.45) is 11.0 Å². The number of amides is 2. The van der Waals surface area contributed by atoms with Crippen molar-refractivity contribution in [3.63, 3.8) is 0 Å². The average molecular weight is 473 g/mol. The summed E-state index contributed by atoms with van der Waals surface area (Å²) in [6.07, 6.45) is 2.37. The molecule has 2 fully saturated rings. The molecule has 0 saturated carbocycles. The number of hydrogen-bond acceptors (Lipinski definition) is 7. The van der Waals surface area contributed by atoms with Crippen molar-refractivity contribution >= 4 is 40.2 Å². The number of rotatable bonds is 5. The molecule has 9 heteroatoms. The molecule has 2 aromatic heterocycles. The van der Waals surface area contributed by atoms with Crippen molar-refractivity contribution in [1.29, 1.82) is 0 Å². The number of carbonyl (C=O) groups is 2. The van der Waals surface area contributed by atoms with E-state index in [9.17, 15) is 9.59 Å². The highest BCUT2D eigenvalue weighted by Gasteiger charge is 2.36. The quantitative estimate of drug-likeness (QED) is 0.671. The fourth-order valence-electron chi connectivity index (χ4n) is 4.68. The maximum Gasteiger partial charge on any atom is 0.257 e. The van der Waals surface area contributed by atoms with E-state index in [4.69, 9.17) is 9.84 Å². The summed E-state index contributed by atoms with van der Waals surface area (Å²) < 4.78 is 5.36. The molecule has 3 aliphatic heterocycles. The van der Waals surface area contributed by atoms with Gasteiger partial charge < -0.3 is 9.64 Å². The predicted octanol–water partition coefficient (Wildman–Crippen LogP) is 3.06. The largest absolute Gasteiger partial charge is 0.378 e. The lowest BCUT2D eigenvalue weighted by molar-refractivity contribution is -0.141. The number of morpholine rings is 1. The van der Waals surface area contributed by atoms with E-state index in [0.29, 0.717) is 32.8 Å². The summed E-state index contributed by atoms with van der Waals surface area (Å²) in [5.41, 5.74) is 0.988. The van der Waals surface area contributed by atoms with Gasteiger partial charge in [-0.3, -0.25) is 14.5 Å². The Bertz CT molecular complexity index is 946. The second-order valence-corrected chi connectivity index (χ2v) is 10.4. The van der Waals surface area contributed by atoms with Crippen LogP contribution in [0.3, 0.4) is 0 Å². The number of ether oxygens (including phenoxy) is 1. The average Bonchev–Trinajstić information content (AvgIpc) is 3.61. The zero-order chi connectivity index (χ0) is 21.9. The van der Waals surface area contributed by atoms with Crippen LogP contribution in [0.4, 0.5) is 0 Å². The molecule has 5 heterocycles. The Hall–Kier alpha value is -2.07. The third-order valence-electron chi connectivity index (χ3n) is 6.46. The summed E-state index contributed by atoms with van der Waals surface area (Å²) in [6, 6.07) is 8.18. The molecule has 0 aromatic carbocycles. The molecule has 2 saturated heterocycles. The van der Waals surface area contributed by atoms with Gasteiger partial charge in [-0.1, -0.05) is 12.1 Å². The zero-order valence-electron chi connectivity index (χ0n) is 18.0. The van der Waals surface area contributed by atoms with E-state index in [1.54, 1.807) is 27.7 Å². The van der Waals surface area contributed by atoms with Gasteiger partial charge >= 0.3 is 0 Å². The van der Waals surface area contributed by atoms with Gasteiger partial charge in [0, 0.05) is 30.3 Å².